The zero-order valence-corrected chi connectivity index (χ0v) is 12.2. The molecule has 0 saturated heterocycles. The van der Waals surface area contributed by atoms with E-state index in [-0.39, 0.29) is 0 Å². The van der Waals surface area contributed by atoms with Crippen molar-refractivity contribution in [3.05, 3.63) is 71.8 Å². The van der Waals surface area contributed by atoms with Gasteiger partial charge in [-0.15, -0.1) is 0 Å². The van der Waals surface area contributed by atoms with Crippen LogP contribution in [0.2, 0.25) is 0 Å². The number of nitrogens with one attached hydrogen (secondary N) is 2. The molecule has 0 aromatic heterocycles. The van der Waals surface area contributed by atoms with E-state index in [0.717, 1.165) is 26.1 Å². The van der Waals surface area contributed by atoms with Crippen LogP contribution in [0.15, 0.2) is 60.7 Å². The first-order chi connectivity index (χ1) is 9.86. The molecule has 2 rings (SSSR count). The van der Waals surface area contributed by atoms with Gasteiger partial charge in [-0.05, 0) is 37.6 Å². The Morgan fingerprint density at radius 1 is 0.850 bits per heavy atom. The average molecular weight is 268 g/mol. The maximum absolute atomic E-state index is 3.56. The number of rotatable bonds is 8. The summed E-state index contributed by atoms with van der Waals surface area (Å²) in [4.78, 5) is 0. The Labute approximate surface area is 122 Å². The summed E-state index contributed by atoms with van der Waals surface area (Å²) < 4.78 is 0. The highest BCUT2D eigenvalue weighted by Gasteiger charge is 2.02. The molecule has 2 nitrogen and oxygen atoms in total. The van der Waals surface area contributed by atoms with Crippen LogP contribution >= 0.6 is 0 Å². The maximum Gasteiger partial charge on any atom is 0.0291 e. The van der Waals surface area contributed by atoms with Crippen molar-refractivity contribution >= 4 is 0 Å². The standard InChI is InChI=1S/C18H24N2/c1-16(18-11-6-3-7-12-18)20-14-8-13-19-15-17-9-4-2-5-10-17/h2-7,9-12,16,19-20H,8,13-15H2,1H3/t16-/m1/s1. The summed E-state index contributed by atoms with van der Waals surface area (Å²) in [6.07, 6.45) is 1.14. The van der Waals surface area contributed by atoms with E-state index in [0.29, 0.717) is 6.04 Å². The van der Waals surface area contributed by atoms with Gasteiger partial charge in [-0.2, -0.15) is 0 Å². The van der Waals surface area contributed by atoms with Crippen LogP contribution < -0.4 is 10.6 Å². The summed E-state index contributed by atoms with van der Waals surface area (Å²) >= 11 is 0. The van der Waals surface area contributed by atoms with Crippen LogP contribution in [0.5, 0.6) is 0 Å². The Kier molecular flexibility index (Phi) is 6.28. The fourth-order valence-corrected chi connectivity index (χ4v) is 2.22. The molecule has 2 heteroatoms. The van der Waals surface area contributed by atoms with E-state index in [2.05, 4.69) is 78.2 Å². The summed E-state index contributed by atoms with van der Waals surface area (Å²) in [5.41, 5.74) is 2.70. The van der Waals surface area contributed by atoms with E-state index < -0.39 is 0 Å². The molecule has 106 valence electrons. The van der Waals surface area contributed by atoms with Gasteiger partial charge in [-0.25, -0.2) is 0 Å². The van der Waals surface area contributed by atoms with E-state index >= 15 is 0 Å². The molecule has 0 aliphatic rings. The molecular formula is C18H24N2. The number of benzene rings is 2. The van der Waals surface area contributed by atoms with Crippen LogP contribution in [0, 0.1) is 0 Å². The zero-order chi connectivity index (χ0) is 14.0. The Morgan fingerprint density at radius 3 is 2.20 bits per heavy atom. The van der Waals surface area contributed by atoms with E-state index in [4.69, 9.17) is 0 Å². The molecule has 0 spiro atoms. The van der Waals surface area contributed by atoms with E-state index in [9.17, 15) is 0 Å². The minimum atomic E-state index is 0.422. The fraction of sp³-hybridized carbons (Fsp3) is 0.333. The van der Waals surface area contributed by atoms with Gasteiger partial charge in [-0.1, -0.05) is 60.7 Å². The van der Waals surface area contributed by atoms with Gasteiger partial charge in [-0.3, -0.25) is 0 Å². The van der Waals surface area contributed by atoms with Gasteiger partial charge in [0.25, 0.3) is 0 Å². The van der Waals surface area contributed by atoms with Crippen molar-refractivity contribution in [1.29, 1.82) is 0 Å². The summed E-state index contributed by atoms with van der Waals surface area (Å²) in [6, 6.07) is 21.5. The van der Waals surface area contributed by atoms with Gasteiger partial charge < -0.3 is 10.6 Å². The van der Waals surface area contributed by atoms with Crippen molar-refractivity contribution < 1.29 is 0 Å². The zero-order valence-electron chi connectivity index (χ0n) is 12.2. The molecule has 0 radical (unpaired) electrons. The summed E-state index contributed by atoms with van der Waals surface area (Å²) in [5.74, 6) is 0. The van der Waals surface area contributed by atoms with Crippen molar-refractivity contribution in [2.45, 2.75) is 25.9 Å². The lowest BCUT2D eigenvalue weighted by Crippen LogP contribution is -2.24. The Hall–Kier alpha value is -1.64. The fourth-order valence-electron chi connectivity index (χ4n) is 2.22. The first-order valence-electron chi connectivity index (χ1n) is 7.39. The molecule has 2 aromatic rings. The maximum atomic E-state index is 3.56. The summed E-state index contributed by atoms with van der Waals surface area (Å²) in [5, 5.41) is 7.03. The first kappa shape index (κ1) is 14.8. The lowest BCUT2D eigenvalue weighted by Gasteiger charge is -2.14. The quantitative estimate of drug-likeness (QED) is 0.716. The third kappa shape index (κ3) is 5.16. The molecule has 2 aromatic carbocycles. The molecule has 1 atom stereocenters. The molecule has 0 aliphatic heterocycles. The predicted octanol–water partition coefficient (Wildman–Crippen LogP) is 3.52. The van der Waals surface area contributed by atoms with Crippen LogP contribution in [0.4, 0.5) is 0 Å². The van der Waals surface area contributed by atoms with Gasteiger partial charge in [0.2, 0.25) is 0 Å². The predicted molar refractivity (Wildman–Crippen MR) is 85.6 cm³/mol. The van der Waals surface area contributed by atoms with Crippen LogP contribution in [0.3, 0.4) is 0 Å². The van der Waals surface area contributed by atoms with E-state index in [1.807, 2.05) is 0 Å². The average Bonchev–Trinajstić information content (AvgIpc) is 2.52. The highest BCUT2D eigenvalue weighted by atomic mass is 14.9. The molecule has 0 saturated carbocycles. The van der Waals surface area contributed by atoms with Crippen LogP contribution in [0.25, 0.3) is 0 Å². The lowest BCUT2D eigenvalue weighted by molar-refractivity contribution is 0.538. The van der Waals surface area contributed by atoms with Crippen molar-refractivity contribution in [3.8, 4) is 0 Å². The monoisotopic (exact) mass is 268 g/mol. The van der Waals surface area contributed by atoms with Crippen LogP contribution in [0.1, 0.15) is 30.5 Å². The summed E-state index contributed by atoms with van der Waals surface area (Å²) in [6.45, 7) is 5.25. The molecule has 0 fully saturated rings. The highest BCUT2D eigenvalue weighted by molar-refractivity contribution is 5.18. The van der Waals surface area contributed by atoms with E-state index in [1.54, 1.807) is 0 Å². The second-order valence-corrected chi connectivity index (χ2v) is 5.10. The van der Waals surface area contributed by atoms with Crippen molar-refractivity contribution in [3.63, 3.8) is 0 Å². The number of hydrogen-bond donors (Lipinski definition) is 2. The van der Waals surface area contributed by atoms with Gasteiger partial charge in [0.15, 0.2) is 0 Å². The minimum Gasteiger partial charge on any atom is -0.313 e. The summed E-state index contributed by atoms with van der Waals surface area (Å²) in [7, 11) is 0. The SMILES string of the molecule is C[C@@H](NCCCNCc1ccccc1)c1ccccc1. The Morgan fingerprint density at radius 2 is 1.50 bits per heavy atom. The lowest BCUT2D eigenvalue weighted by atomic mass is 10.1. The van der Waals surface area contributed by atoms with Crippen LogP contribution in [-0.2, 0) is 6.54 Å². The third-order valence-electron chi connectivity index (χ3n) is 3.45. The van der Waals surface area contributed by atoms with Gasteiger partial charge in [0.05, 0.1) is 0 Å². The molecule has 0 aliphatic carbocycles. The highest BCUT2D eigenvalue weighted by Crippen LogP contribution is 2.10. The van der Waals surface area contributed by atoms with E-state index in [1.165, 1.54) is 11.1 Å². The molecule has 0 amide bonds. The molecule has 20 heavy (non-hydrogen) atoms. The van der Waals surface area contributed by atoms with Gasteiger partial charge >= 0.3 is 0 Å². The Balaban J connectivity index is 1.56. The van der Waals surface area contributed by atoms with Crippen LogP contribution in [-0.4, -0.2) is 13.1 Å². The van der Waals surface area contributed by atoms with Gasteiger partial charge in [0, 0.05) is 12.6 Å². The normalized spacial score (nSPS) is 12.2. The number of hydrogen-bond acceptors (Lipinski definition) is 2. The second kappa shape index (κ2) is 8.51. The van der Waals surface area contributed by atoms with Crippen molar-refractivity contribution in [2.75, 3.05) is 13.1 Å². The van der Waals surface area contributed by atoms with Crippen molar-refractivity contribution in [1.82, 2.24) is 10.6 Å². The smallest absolute Gasteiger partial charge is 0.0291 e. The molecule has 2 N–H and O–H groups in total. The molecule has 0 heterocycles. The molecule has 0 unspecified atom stereocenters. The molecular weight excluding hydrogens is 244 g/mol. The van der Waals surface area contributed by atoms with Crippen molar-refractivity contribution in [2.24, 2.45) is 0 Å². The third-order valence-corrected chi connectivity index (χ3v) is 3.45. The minimum absolute atomic E-state index is 0.422. The topological polar surface area (TPSA) is 24.1 Å². The molecule has 0 bridgehead atoms. The Bertz CT molecular complexity index is 467. The largest absolute Gasteiger partial charge is 0.313 e. The first-order valence-corrected chi connectivity index (χ1v) is 7.39. The second-order valence-electron chi connectivity index (χ2n) is 5.10. The van der Waals surface area contributed by atoms with Gasteiger partial charge in [0.1, 0.15) is 0 Å².